The molecule has 1 aromatic heterocycles. The lowest BCUT2D eigenvalue weighted by molar-refractivity contribution is 0.400. The minimum atomic E-state index is 0.619. The molecule has 1 rings (SSSR count). The first kappa shape index (κ1) is 9.64. The lowest BCUT2D eigenvalue weighted by atomic mass is 10.3. The molecular weight excluding hydrogens is 166 g/mol. The Morgan fingerprint density at radius 3 is 2.62 bits per heavy atom. The van der Waals surface area contributed by atoms with Gasteiger partial charge in [-0.05, 0) is 6.07 Å². The molecule has 0 aliphatic carbocycles. The quantitative estimate of drug-likeness (QED) is 0.760. The van der Waals surface area contributed by atoms with Crippen molar-refractivity contribution in [1.29, 1.82) is 0 Å². The maximum absolute atomic E-state index is 5.13. The normalized spacial score (nSPS) is 9.54. The van der Waals surface area contributed by atoms with E-state index in [2.05, 4.69) is 10.3 Å². The molecule has 72 valence electrons. The van der Waals surface area contributed by atoms with Crippen molar-refractivity contribution >= 4 is 11.4 Å². The molecule has 1 N–H and O–H groups in total. The van der Waals surface area contributed by atoms with Crippen LogP contribution in [0.15, 0.2) is 12.3 Å². The highest BCUT2D eigenvalue weighted by atomic mass is 16.5. The first-order valence-electron chi connectivity index (χ1n) is 4.08. The third-order valence-corrected chi connectivity index (χ3v) is 1.82. The van der Waals surface area contributed by atoms with Crippen LogP contribution in [0.2, 0.25) is 0 Å². The molecule has 0 saturated heterocycles. The van der Waals surface area contributed by atoms with Crippen LogP contribution in [0.4, 0.5) is 11.4 Å². The number of rotatable bonds is 3. The number of nitrogens with zero attached hydrogens (tertiary/aromatic N) is 2. The van der Waals surface area contributed by atoms with Crippen LogP contribution in [0.1, 0.15) is 0 Å². The zero-order valence-electron chi connectivity index (χ0n) is 8.46. The molecule has 4 heteroatoms. The van der Waals surface area contributed by atoms with Crippen LogP contribution in [0.25, 0.3) is 0 Å². The first-order valence-corrected chi connectivity index (χ1v) is 4.08. The lowest BCUT2D eigenvalue weighted by Gasteiger charge is -2.18. The van der Waals surface area contributed by atoms with E-state index in [0.29, 0.717) is 5.88 Å². The van der Waals surface area contributed by atoms with Gasteiger partial charge in [0, 0.05) is 27.3 Å². The highest BCUT2D eigenvalue weighted by Gasteiger charge is 2.09. The second kappa shape index (κ2) is 3.98. The molecule has 0 fully saturated rings. The average molecular weight is 181 g/mol. The fraction of sp³-hybridized carbons (Fsp3) is 0.444. The summed E-state index contributed by atoms with van der Waals surface area (Å²) in [4.78, 5) is 6.11. The molecule has 0 unspecified atom stereocenters. The molecule has 0 aliphatic heterocycles. The second-order valence-corrected chi connectivity index (χ2v) is 2.86. The van der Waals surface area contributed by atoms with E-state index in [9.17, 15) is 0 Å². The third-order valence-electron chi connectivity index (χ3n) is 1.82. The third kappa shape index (κ3) is 1.83. The number of nitrogens with one attached hydrogen (secondary N) is 1. The minimum Gasteiger partial charge on any atom is -0.479 e. The summed E-state index contributed by atoms with van der Waals surface area (Å²) < 4.78 is 5.13. The molecule has 0 radical (unpaired) electrons. The van der Waals surface area contributed by atoms with Gasteiger partial charge in [0.25, 0.3) is 0 Å². The predicted molar refractivity (Wildman–Crippen MR) is 54.7 cm³/mol. The number of anilines is 2. The predicted octanol–water partition coefficient (Wildman–Crippen LogP) is 1.20. The molecular formula is C9H15N3O. The van der Waals surface area contributed by atoms with E-state index in [1.54, 1.807) is 13.3 Å². The van der Waals surface area contributed by atoms with Gasteiger partial charge in [0.2, 0.25) is 5.88 Å². The van der Waals surface area contributed by atoms with Crippen LogP contribution < -0.4 is 15.0 Å². The maximum atomic E-state index is 5.13. The Labute approximate surface area is 78.5 Å². The molecule has 0 amide bonds. The Kier molecular flexibility index (Phi) is 2.95. The van der Waals surface area contributed by atoms with Gasteiger partial charge in [-0.25, -0.2) is 4.98 Å². The monoisotopic (exact) mass is 181 g/mol. The summed E-state index contributed by atoms with van der Waals surface area (Å²) in [6.07, 6.45) is 1.73. The summed E-state index contributed by atoms with van der Waals surface area (Å²) in [5.41, 5.74) is 1.98. The number of pyridine rings is 1. The zero-order valence-corrected chi connectivity index (χ0v) is 8.46. The van der Waals surface area contributed by atoms with Crippen LogP contribution in [0.5, 0.6) is 5.88 Å². The maximum Gasteiger partial charge on any atom is 0.239 e. The van der Waals surface area contributed by atoms with E-state index in [4.69, 9.17) is 4.74 Å². The molecule has 0 saturated carbocycles. The number of methoxy groups -OCH3 is 1. The first-order chi connectivity index (χ1) is 6.20. The van der Waals surface area contributed by atoms with Gasteiger partial charge >= 0.3 is 0 Å². The average Bonchev–Trinajstić information content (AvgIpc) is 2.16. The Morgan fingerprint density at radius 2 is 2.15 bits per heavy atom. The Balaban J connectivity index is 3.19. The van der Waals surface area contributed by atoms with E-state index in [0.717, 1.165) is 11.4 Å². The largest absolute Gasteiger partial charge is 0.479 e. The molecule has 0 atom stereocenters. The topological polar surface area (TPSA) is 37.4 Å². The van der Waals surface area contributed by atoms with Crippen LogP contribution >= 0.6 is 0 Å². The zero-order chi connectivity index (χ0) is 9.84. The molecule has 13 heavy (non-hydrogen) atoms. The SMILES string of the molecule is CNc1c(N(C)C)ccnc1OC. The van der Waals surface area contributed by atoms with Gasteiger partial charge in [-0.2, -0.15) is 0 Å². The van der Waals surface area contributed by atoms with E-state index < -0.39 is 0 Å². The Bertz CT molecular complexity index is 286. The van der Waals surface area contributed by atoms with Gasteiger partial charge in [0.05, 0.1) is 12.8 Å². The fourth-order valence-electron chi connectivity index (χ4n) is 1.20. The molecule has 4 nitrogen and oxygen atoms in total. The standard InChI is InChI=1S/C9H15N3O/c1-10-8-7(12(2)3)5-6-11-9(8)13-4/h5-6,10H,1-4H3. The molecule has 0 aromatic carbocycles. The second-order valence-electron chi connectivity index (χ2n) is 2.86. The van der Waals surface area contributed by atoms with Gasteiger partial charge in [-0.1, -0.05) is 0 Å². The summed E-state index contributed by atoms with van der Waals surface area (Å²) in [6.45, 7) is 0. The molecule has 0 bridgehead atoms. The van der Waals surface area contributed by atoms with Gasteiger partial charge in [0.15, 0.2) is 0 Å². The minimum absolute atomic E-state index is 0.619. The van der Waals surface area contributed by atoms with Crippen molar-refractivity contribution in [2.75, 3.05) is 38.5 Å². The van der Waals surface area contributed by atoms with Crippen LogP contribution in [-0.4, -0.2) is 33.2 Å². The smallest absolute Gasteiger partial charge is 0.239 e. The van der Waals surface area contributed by atoms with E-state index >= 15 is 0 Å². The summed E-state index contributed by atoms with van der Waals surface area (Å²) in [6, 6.07) is 1.94. The molecule has 0 spiro atoms. The van der Waals surface area contributed by atoms with Crippen molar-refractivity contribution in [2.24, 2.45) is 0 Å². The molecule has 0 aliphatic rings. The van der Waals surface area contributed by atoms with Crippen molar-refractivity contribution in [1.82, 2.24) is 4.98 Å². The number of ether oxygens (including phenoxy) is 1. The van der Waals surface area contributed by atoms with Crippen LogP contribution in [0, 0.1) is 0 Å². The highest BCUT2D eigenvalue weighted by Crippen LogP contribution is 2.30. The summed E-state index contributed by atoms with van der Waals surface area (Å²) >= 11 is 0. The summed E-state index contributed by atoms with van der Waals surface area (Å²) in [5, 5.41) is 3.07. The van der Waals surface area contributed by atoms with Gasteiger partial charge in [0.1, 0.15) is 5.69 Å². The van der Waals surface area contributed by atoms with E-state index in [1.807, 2.05) is 32.1 Å². The summed E-state index contributed by atoms with van der Waals surface area (Å²) in [7, 11) is 7.43. The van der Waals surface area contributed by atoms with Crippen LogP contribution in [0.3, 0.4) is 0 Å². The van der Waals surface area contributed by atoms with Crippen LogP contribution in [-0.2, 0) is 0 Å². The Hall–Kier alpha value is -1.45. The number of hydrogen-bond donors (Lipinski definition) is 1. The van der Waals surface area contributed by atoms with Crippen molar-refractivity contribution in [2.45, 2.75) is 0 Å². The molecule has 1 aromatic rings. The number of hydrogen-bond acceptors (Lipinski definition) is 4. The van der Waals surface area contributed by atoms with Crippen molar-refractivity contribution in [3.63, 3.8) is 0 Å². The Morgan fingerprint density at radius 1 is 1.46 bits per heavy atom. The van der Waals surface area contributed by atoms with Crippen molar-refractivity contribution in [3.8, 4) is 5.88 Å². The number of aromatic nitrogens is 1. The van der Waals surface area contributed by atoms with Gasteiger partial charge < -0.3 is 15.0 Å². The van der Waals surface area contributed by atoms with E-state index in [1.165, 1.54) is 0 Å². The van der Waals surface area contributed by atoms with Gasteiger partial charge in [-0.15, -0.1) is 0 Å². The summed E-state index contributed by atoms with van der Waals surface area (Å²) in [5.74, 6) is 0.619. The highest BCUT2D eigenvalue weighted by molar-refractivity contribution is 5.73. The molecule has 1 heterocycles. The van der Waals surface area contributed by atoms with Gasteiger partial charge in [-0.3, -0.25) is 0 Å². The fourth-order valence-corrected chi connectivity index (χ4v) is 1.20. The van der Waals surface area contributed by atoms with Crippen molar-refractivity contribution < 1.29 is 4.74 Å². The van der Waals surface area contributed by atoms with Crippen molar-refractivity contribution in [3.05, 3.63) is 12.3 Å². The lowest BCUT2D eigenvalue weighted by Crippen LogP contribution is -2.12. The van der Waals surface area contributed by atoms with E-state index in [-0.39, 0.29) is 0 Å².